The number of halogens is 2. The third-order valence-electron chi connectivity index (χ3n) is 4.68. The van der Waals surface area contributed by atoms with Gasteiger partial charge in [0, 0.05) is 19.1 Å². The van der Waals surface area contributed by atoms with Gasteiger partial charge in [-0.15, -0.1) is 0 Å². The second kappa shape index (κ2) is 6.11. The Kier molecular flexibility index (Phi) is 4.38. The van der Waals surface area contributed by atoms with Crippen LogP contribution >= 0.6 is 23.2 Å². The van der Waals surface area contributed by atoms with E-state index in [-0.39, 0.29) is 11.1 Å². The van der Waals surface area contributed by atoms with E-state index in [1.54, 1.807) is 12.1 Å². The van der Waals surface area contributed by atoms with Crippen LogP contribution in [0.25, 0.3) is 0 Å². The summed E-state index contributed by atoms with van der Waals surface area (Å²) >= 11 is 11.8. The molecule has 0 spiro atoms. The number of amides is 1. The number of hydrogen-bond donors (Lipinski definition) is 0. The van der Waals surface area contributed by atoms with E-state index in [1.807, 2.05) is 4.90 Å². The van der Waals surface area contributed by atoms with Crippen molar-refractivity contribution in [1.82, 2.24) is 14.8 Å². The molecule has 21 heavy (non-hydrogen) atoms. The molecule has 114 valence electrons. The molecule has 6 heteroatoms. The quantitative estimate of drug-likeness (QED) is 0.744. The van der Waals surface area contributed by atoms with Gasteiger partial charge in [-0.3, -0.25) is 4.79 Å². The Balaban J connectivity index is 1.74. The van der Waals surface area contributed by atoms with Gasteiger partial charge in [0.25, 0.3) is 5.91 Å². The summed E-state index contributed by atoms with van der Waals surface area (Å²) in [5.74, 6) is 0.538. The lowest BCUT2D eigenvalue weighted by Crippen LogP contribution is -2.53. The number of nitrogens with zero attached hydrogens (tertiary/aromatic N) is 3. The van der Waals surface area contributed by atoms with E-state index in [2.05, 4.69) is 16.9 Å². The third kappa shape index (κ3) is 3.03. The molecule has 3 rings (SSSR count). The van der Waals surface area contributed by atoms with E-state index >= 15 is 0 Å². The zero-order valence-corrected chi connectivity index (χ0v) is 13.6. The van der Waals surface area contributed by atoms with E-state index in [9.17, 15) is 4.79 Å². The van der Waals surface area contributed by atoms with Gasteiger partial charge < -0.3 is 9.80 Å². The highest BCUT2D eigenvalue weighted by atomic mass is 35.5. The summed E-state index contributed by atoms with van der Waals surface area (Å²) in [6.45, 7) is 2.76. The number of piperidine rings is 2. The van der Waals surface area contributed by atoms with Crippen LogP contribution in [0.5, 0.6) is 0 Å². The highest BCUT2D eigenvalue weighted by Crippen LogP contribution is 2.30. The number of hydrogen-bond acceptors (Lipinski definition) is 3. The Bertz CT molecular complexity index is 552. The van der Waals surface area contributed by atoms with Gasteiger partial charge >= 0.3 is 0 Å². The lowest BCUT2D eigenvalue weighted by molar-refractivity contribution is 0.0317. The van der Waals surface area contributed by atoms with Crippen molar-refractivity contribution in [1.29, 1.82) is 0 Å². The van der Waals surface area contributed by atoms with Crippen molar-refractivity contribution in [3.63, 3.8) is 0 Å². The summed E-state index contributed by atoms with van der Waals surface area (Å²) in [7, 11) is 2.19. The number of pyridine rings is 1. The number of rotatable bonds is 1. The predicted octanol–water partition coefficient (Wildman–Crippen LogP) is 2.94. The molecule has 2 unspecified atom stereocenters. The second-order valence-electron chi connectivity index (χ2n) is 5.96. The second-order valence-corrected chi connectivity index (χ2v) is 6.71. The molecule has 0 radical (unpaired) electrons. The summed E-state index contributed by atoms with van der Waals surface area (Å²) in [5, 5.41) is 0.500. The fourth-order valence-electron chi connectivity index (χ4n) is 3.58. The van der Waals surface area contributed by atoms with Crippen molar-refractivity contribution in [3.05, 3.63) is 28.0 Å². The Labute approximate surface area is 135 Å². The number of likely N-dealkylation sites (tertiary alicyclic amines) is 2. The van der Waals surface area contributed by atoms with Crippen LogP contribution in [0.3, 0.4) is 0 Å². The van der Waals surface area contributed by atoms with Gasteiger partial charge in [0.2, 0.25) is 0 Å². The van der Waals surface area contributed by atoms with Gasteiger partial charge in [-0.1, -0.05) is 23.2 Å². The first-order valence-electron chi connectivity index (χ1n) is 7.38. The molecule has 0 bridgehead atoms. The maximum atomic E-state index is 12.6. The minimum Gasteiger partial charge on any atom is -0.338 e. The smallest absolute Gasteiger partial charge is 0.256 e. The molecule has 2 saturated heterocycles. The fraction of sp³-hybridized carbons (Fsp3) is 0.600. The van der Waals surface area contributed by atoms with Crippen molar-refractivity contribution in [2.24, 2.45) is 5.92 Å². The number of carbonyl (C=O) groups excluding carboxylic acids is 1. The van der Waals surface area contributed by atoms with Crippen LogP contribution < -0.4 is 0 Å². The van der Waals surface area contributed by atoms with Crippen molar-refractivity contribution >= 4 is 29.1 Å². The summed E-state index contributed by atoms with van der Waals surface area (Å²) in [5.41, 5.74) is 0.448. The van der Waals surface area contributed by atoms with Crippen LogP contribution in [0.4, 0.5) is 0 Å². The van der Waals surface area contributed by atoms with Crippen molar-refractivity contribution < 1.29 is 4.79 Å². The van der Waals surface area contributed by atoms with Crippen molar-refractivity contribution in [2.75, 3.05) is 26.7 Å². The van der Waals surface area contributed by atoms with Crippen molar-refractivity contribution in [3.8, 4) is 0 Å². The van der Waals surface area contributed by atoms with E-state index in [0.717, 1.165) is 19.5 Å². The maximum Gasteiger partial charge on any atom is 0.256 e. The molecule has 0 aliphatic carbocycles. The summed E-state index contributed by atoms with van der Waals surface area (Å²) in [6, 6.07) is 3.89. The SMILES string of the molecule is CN1CCCC2CN(C(=O)c3ccc(Cl)nc3Cl)CCC21. The van der Waals surface area contributed by atoms with Crippen LogP contribution in [-0.2, 0) is 0 Å². The number of aromatic nitrogens is 1. The minimum absolute atomic E-state index is 0.0316. The molecule has 3 heterocycles. The molecule has 4 nitrogen and oxygen atoms in total. The van der Waals surface area contributed by atoms with Gasteiger partial charge in [-0.05, 0) is 50.9 Å². The topological polar surface area (TPSA) is 36.4 Å². The molecule has 2 fully saturated rings. The molecule has 1 amide bonds. The molecule has 1 aromatic heterocycles. The minimum atomic E-state index is -0.0316. The molecule has 2 aliphatic rings. The zero-order valence-electron chi connectivity index (χ0n) is 12.1. The summed E-state index contributed by atoms with van der Waals surface area (Å²) in [4.78, 5) is 20.9. The first kappa shape index (κ1) is 15.1. The van der Waals surface area contributed by atoms with E-state index in [0.29, 0.717) is 22.7 Å². The monoisotopic (exact) mass is 327 g/mol. The number of carbonyl (C=O) groups is 1. The standard InChI is InChI=1S/C15H19Cl2N3O/c1-19-7-2-3-10-9-20(8-6-12(10)19)15(21)11-4-5-13(16)18-14(11)17/h4-5,10,12H,2-3,6-9H2,1H3. The summed E-state index contributed by atoms with van der Waals surface area (Å²) in [6.07, 6.45) is 3.44. The Morgan fingerprint density at radius 1 is 1.29 bits per heavy atom. The van der Waals surface area contributed by atoms with Crippen LogP contribution in [-0.4, -0.2) is 53.4 Å². The predicted molar refractivity (Wildman–Crippen MR) is 83.9 cm³/mol. The van der Waals surface area contributed by atoms with Gasteiger partial charge in [0.05, 0.1) is 5.56 Å². The maximum absolute atomic E-state index is 12.6. The Morgan fingerprint density at radius 3 is 2.86 bits per heavy atom. The number of fused-ring (bicyclic) bond motifs is 1. The lowest BCUT2D eigenvalue weighted by atomic mass is 9.84. The molecule has 2 aliphatic heterocycles. The third-order valence-corrected chi connectivity index (χ3v) is 5.18. The van der Waals surface area contributed by atoms with Crippen LogP contribution in [0.2, 0.25) is 10.3 Å². The molecular weight excluding hydrogens is 309 g/mol. The van der Waals surface area contributed by atoms with Crippen LogP contribution in [0, 0.1) is 5.92 Å². The lowest BCUT2D eigenvalue weighted by Gasteiger charge is -2.46. The van der Waals surface area contributed by atoms with E-state index in [1.165, 1.54) is 19.4 Å². The fourth-order valence-corrected chi connectivity index (χ4v) is 4.00. The molecule has 2 atom stereocenters. The normalized spacial score (nSPS) is 26.5. The van der Waals surface area contributed by atoms with E-state index < -0.39 is 0 Å². The van der Waals surface area contributed by atoms with E-state index in [4.69, 9.17) is 23.2 Å². The van der Waals surface area contributed by atoms with Gasteiger partial charge in [0.15, 0.2) is 0 Å². The molecular formula is C15H19Cl2N3O. The van der Waals surface area contributed by atoms with Gasteiger partial charge in [-0.2, -0.15) is 0 Å². The van der Waals surface area contributed by atoms with Crippen LogP contribution in [0.1, 0.15) is 29.6 Å². The molecule has 1 aromatic rings. The highest BCUT2D eigenvalue weighted by molar-refractivity contribution is 6.34. The molecule has 0 N–H and O–H groups in total. The molecule has 0 aromatic carbocycles. The largest absolute Gasteiger partial charge is 0.338 e. The van der Waals surface area contributed by atoms with Crippen LogP contribution in [0.15, 0.2) is 12.1 Å². The first-order valence-corrected chi connectivity index (χ1v) is 8.13. The molecule has 0 saturated carbocycles. The Hall–Kier alpha value is -0.840. The summed E-state index contributed by atoms with van der Waals surface area (Å²) < 4.78 is 0. The first-order chi connectivity index (χ1) is 10.1. The van der Waals surface area contributed by atoms with Gasteiger partial charge in [0.1, 0.15) is 10.3 Å². The van der Waals surface area contributed by atoms with Gasteiger partial charge in [-0.25, -0.2) is 4.98 Å². The zero-order chi connectivity index (χ0) is 15.0. The average molecular weight is 328 g/mol. The highest BCUT2D eigenvalue weighted by Gasteiger charge is 2.36. The Morgan fingerprint density at radius 2 is 2.10 bits per heavy atom. The van der Waals surface area contributed by atoms with Crippen molar-refractivity contribution in [2.45, 2.75) is 25.3 Å². The average Bonchev–Trinajstić information content (AvgIpc) is 2.46.